The van der Waals surface area contributed by atoms with E-state index in [1.807, 2.05) is 30.3 Å². The van der Waals surface area contributed by atoms with Crippen molar-refractivity contribution in [1.82, 2.24) is 4.57 Å². The van der Waals surface area contributed by atoms with Crippen LogP contribution in [0.1, 0.15) is 6.92 Å². The highest BCUT2D eigenvalue weighted by atomic mass is 35.5. The van der Waals surface area contributed by atoms with Crippen LogP contribution in [-0.2, 0) is 11.3 Å². The van der Waals surface area contributed by atoms with Crippen molar-refractivity contribution in [2.45, 2.75) is 13.5 Å². The number of carbonyl (C=O) groups excluding carboxylic acids is 1. The Balaban J connectivity index is 0.00000161. The van der Waals surface area contributed by atoms with Crippen LogP contribution in [0.25, 0.3) is 21.8 Å². The number of aromatic nitrogens is 1. The van der Waals surface area contributed by atoms with Gasteiger partial charge in [-0.2, -0.15) is 0 Å². The minimum atomic E-state index is -0.177. The van der Waals surface area contributed by atoms with Crippen LogP contribution in [-0.4, -0.2) is 17.0 Å². The van der Waals surface area contributed by atoms with Gasteiger partial charge in [-0.1, -0.05) is 18.2 Å². The fraction of sp³-hybridized carbons (Fsp3) is 0.188. The average molecular weight is 304 g/mol. The maximum Gasteiger partial charge on any atom is 0.238 e. The Hall–Kier alpha value is -2.04. The third kappa shape index (κ3) is 2.60. The summed E-state index contributed by atoms with van der Waals surface area (Å²) in [7, 11) is 0. The van der Waals surface area contributed by atoms with E-state index < -0.39 is 0 Å². The van der Waals surface area contributed by atoms with E-state index in [1.165, 1.54) is 16.4 Å². The van der Waals surface area contributed by atoms with E-state index in [-0.39, 0.29) is 24.9 Å². The van der Waals surface area contributed by atoms with Gasteiger partial charge in [-0.05, 0) is 31.2 Å². The number of nitrogens with one attached hydrogen (secondary N) is 1. The van der Waals surface area contributed by atoms with Crippen LogP contribution in [0.4, 0.5) is 5.69 Å². The van der Waals surface area contributed by atoms with Gasteiger partial charge in [-0.25, -0.2) is 0 Å². The number of aryl methyl sites for hydroxylation is 1. The number of hydrogen-bond acceptors (Lipinski definition) is 2. The molecular formula is C16H18ClN3O. The van der Waals surface area contributed by atoms with Crippen molar-refractivity contribution in [3.63, 3.8) is 0 Å². The lowest BCUT2D eigenvalue weighted by molar-refractivity contribution is -0.114. The molecule has 110 valence electrons. The van der Waals surface area contributed by atoms with Gasteiger partial charge in [-0.15, -0.1) is 12.4 Å². The summed E-state index contributed by atoms with van der Waals surface area (Å²) in [5, 5.41) is 5.15. The number of hydrogen-bond donors (Lipinski definition) is 2. The van der Waals surface area contributed by atoms with Crippen LogP contribution in [0.2, 0.25) is 0 Å². The summed E-state index contributed by atoms with van der Waals surface area (Å²) in [5.41, 5.74) is 8.51. The highest BCUT2D eigenvalue weighted by Gasteiger charge is 2.10. The normalized spacial score (nSPS) is 10.6. The summed E-state index contributed by atoms with van der Waals surface area (Å²) < 4.78 is 2.28. The lowest BCUT2D eigenvalue weighted by Crippen LogP contribution is -2.21. The molecule has 0 bridgehead atoms. The number of fused-ring (bicyclic) bond motifs is 3. The Morgan fingerprint density at radius 3 is 2.57 bits per heavy atom. The maximum absolute atomic E-state index is 11.4. The summed E-state index contributed by atoms with van der Waals surface area (Å²) in [5.74, 6) is -0.177. The third-order valence-corrected chi connectivity index (χ3v) is 3.56. The first-order valence-electron chi connectivity index (χ1n) is 6.75. The molecule has 3 N–H and O–H groups in total. The number of halogens is 1. The molecule has 5 heteroatoms. The number of amides is 1. The topological polar surface area (TPSA) is 60.0 Å². The number of anilines is 1. The second kappa shape index (κ2) is 6.16. The molecule has 1 amide bonds. The van der Waals surface area contributed by atoms with E-state index in [1.54, 1.807) is 0 Å². The summed E-state index contributed by atoms with van der Waals surface area (Å²) in [6.45, 7) is 3.04. The molecule has 0 atom stereocenters. The second-order valence-corrected chi connectivity index (χ2v) is 4.75. The van der Waals surface area contributed by atoms with Crippen LogP contribution in [0.3, 0.4) is 0 Å². The zero-order valence-corrected chi connectivity index (χ0v) is 12.6. The summed E-state index contributed by atoms with van der Waals surface area (Å²) in [6.07, 6.45) is 0. The van der Waals surface area contributed by atoms with Crippen LogP contribution < -0.4 is 11.1 Å². The first-order valence-corrected chi connectivity index (χ1v) is 6.75. The molecule has 1 aromatic heterocycles. The van der Waals surface area contributed by atoms with Crippen LogP contribution in [0.15, 0.2) is 42.5 Å². The molecular weight excluding hydrogens is 286 g/mol. The Morgan fingerprint density at radius 1 is 1.14 bits per heavy atom. The molecule has 2 aromatic carbocycles. The van der Waals surface area contributed by atoms with E-state index >= 15 is 0 Å². The number of nitrogens with zero attached hydrogens (tertiary/aromatic N) is 1. The van der Waals surface area contributed by atoms with Gasteiger partial charge in [0.05, 0.1) is 6.54 Å². The Labute approximate surface area is 129 Å². The highest BCUT2D eigenvalue weighted by Crippen LogP contribution is 2.30. The number of carbonyl (C=O) groups is 1. The fourth-order valence-corrected chi connectivity index (χ4v) is 2.68. The maximum atomic E-state index is 11.4. The fourth-order valence-electron chi connectivity index (χ4n) is 2.68. The predicted octanol–water partition coefficient (Wildman–Crippen LogP) is 3.13. The molecule has 0 saturated heterocycles. The molecule has 4 nitrogen and oxygen atoms in total. The lowest BCUT2D eigenvalue weighted by atomic mass is 10.1. The minimum absolute atomic E-state index is 0. The summed E-state index contributed by atoms with van der Waals surface area (Å²) in [6, 6.07) is 14.3. The van der Waals surface area contributed by atoms with Crippen LogP contribution >= 0.6 is 12.4 Å². The van der Waals surface area contributed by atoms with Gasteiger partial charge in [0.15, 0.2) is 0 Å². The summed E-state index contributed by atoms with van der Waals surface area (Å²) >= 11 is 0. The molecule has 21 heavy (non-hydrogen) atoms. The smallest absolute Gasteiger partial charge is 0.238 e. The van der Waals surface area contributed by atoms with E-state index in [0.717, 1.165) is 17.6 Å². The van der Waals surface area contributed by atoms with E-state index in [4.69, 9.17) is 5.73 Å². The van der Waals surface area contributed by atoms with E-state index in [2.05, 4.69) is 28.9 Å². The van der Waals surface area contributed by atoms with Crippen molar-refractivity contribution in [2.75, 3.05) is 11.9 Å². The van der Waals surface area contributed by atoms with Gasteiger partial charge in [0, 0.05) is 34.0 Å². The van der Waals surface area contributed by atoms with Crippen molar-refractivity contribution in [3.05, 3.63) is 42.5 Å². The number of rotatable bonds is 3. The number of nitrogens with two attached hydrogens (primary N) is 1. The second-order valence-electron chi connectivity index (χ2n) is 4.75. The van der Waals surface area contributed by atoms with Gasteiger partial charge >= 0.3 is 0 Å². The minimum Gasteiger partial charge on any atom is -0.341 e. The molecule has 0 spiro atoms. The van der Waals surface area contributed by atoms with Gasteiger partial charge in [-0.3, -0.25) is 4.79 Å². The molecule has 3 aromatic rings. The molecule has 0 saturated carbocycles. The Kier molecular flexibility index (Phi) is 4.50. The molecule has 0 radical (unpaired) electrons. The molecule has 0 aliphatic rings. The number of para-hydroxylation sites is 1. The average Bonchev–Trinajstić information content (AvgIpc) is 2.80. The van der Waals surface area contributed by atoms with Crippen molar-refractivity contribution < 1.29 is 4.79 Å². The third-order valence-electron chi connectivity index (χ3n) is 3.56. The van der Waals surface area contributed by atoms with E-state index in [9.17, 15) is 4.79 Å². The van der Waals surface area contributed by atoms with Crippen molar-refractivity contribution in [2.24, 2.45) is 5.73 Å². The summed E-state index contributed by atoms with van der Waals surface area (Å²) in [4.78, 5) is 11.4. The van der Waals surface area contributed by atoms with Crippen molar-refractivity contribution in [1.29, 1.82) is 0 Å². The molecule has 0 unspecified atom stereocenters. The first kappa shape index (κ1) is 15.4. The Morgan fingerprint density at radius 2 is 1.86 bits per heavy atom. The van der Waals surface area contributed by atoms with Crippen molar-refractivity contribution >= 4 is 45.8 Å². The van der Waals surface area contributed by atoms with E-state index in [0.29, 0.717) is 0 Å². The zero-order chi connectivity index (χ0) is 14.1. The first-order chi connectivity index (χ1) is 9.74. The molecule has 3 rings (SSSR count). The SMILES string of the molecule is CCn1c2ccccc2c2cc(NC(=O)CN)ccc21.Cl. The lowest BCUT2D eigenvalue weighted by Gasteiger charge is -2.05. The van der Waals surface area contributed by atoms with Crippen LogP contribution in [0.5, 0.6) is 0 Å². The molecule has 0 fully saturated rings. The van der Waals surface area contributed by atoms with Gasteiger partial charge in [0.25, 0.3) is 0 Å². The van der Waals surface area contributed by atoms with Gasteiger partial charge < -0.3 is 15.6 Å². The molecule has 1 heterocycles. The van der Waals surface area contributed by atoms with Gasteiger partial charge in [0.1, 0.15) is 0 Å². The number of benzene rings is 2. The van der Waals surface area contributed by atoms with Crippen molar-refractivity contribution in [3.8, 4) is 0 Å². The van der Waals surface area contributed by atoms with Crippen LogP contribution in [0, 0.1) is 0 Å². The quantitative estimate of drug-likeness (QED) is 0.781. The highest BCUT2D eigenvalue weighted by molar-refractivity contribution is 6.09. The standard InChI is InChI=1S/C16H17N3O.ClH/c1-2-19-14-6-4-3-5-12(14)13-9-11(7-8-15(13)19)18-16(20)10-17;/h3-9H,2,10,17H2,1H3,(H,18,20);1H. The monoisotopic (exact) mass is 303 g/mol. The van der Waals surface area contributed by atoms with Gasteiger partial charge in [0.2, 0.25) is 5.91 Å². The predicted molar refractivity (Wildman–Crippen MR) is 90.1 cm³/mol. The molecule has 0 aliphatic heterocycles. The Bertz CT molecular complexity index is 795. The molecule has 0 aliphatic carbocycles. The zero-order valence-electron chi connectivity index (χ0n) is 11.8. The largest absolute Gasteiger partial charge is 0.341 e.